The van der Waals surface area contributed by atoms with Crippen molar-refractivity contribution in [2.24, 2.45) is 0 Å². The summed E-state index contributed by atoms with van der Waals surface area (Å²) in [6, 6.07) is 10.6. The molecule has 0 radical (unpaired) electrons. The highest BCUT2D eigenvalue weighted by molar-refractivity contribution is 5.69. The fourth-order valence-corrected chi connectivity index (χ4v) is 2.32. The largest absolute Gasteiger partial charge is 0.466 e. The molecule has 0 aromatic heterocycles. The average molecular weight is 291 g/mol. The zero-order valence-corrected chi connectivity index (χ0v) is 13.4. The molecule has 0 aliphatic heterocycles. The van der Waals surface area contributed by atoms with Gasteiger partial charge in [0.1, 0.15) is 0 Å². The molecule has 0 aliphatic rings. The molecule has 1 N–H and O–H groups in total. The highest BCUT2D eigenvalue weighted by Gasteiger charge is 2.04. The average Bonchev–Trinajstić information content (AvgIpc) is 2.51. The number of esters is 1. The van der Waals surface area contributed by atoms with Crippen LogP contribution < -0.4 is 5.32 Å². The Bertz CT molecular complexity index is 378. The van der Waals surface area contributed by atoms with Gasteiger partial charge in [0.25, 0.3) is 0 Å². The zero-order chi connectivity index (χ0) is 15.3. The predicted octanol–water partition coefficient (Wildman–Crippen LogP) is 3.89. The van der Waals surface area contributed by atoms with Gasteiger partial charge in [0.15, 0.2) is 0 Å². The Morgan fingerprint density at radius 2 is 1.90 bits per heavy atom. The van der Waals surface area contributed by atoms with Crippen molar-refractivity contribution in [2.45, 2.75) is 51.9 Å². The van der Waals surface area contributed by atoms with Crippen LogP contribution in [0.5, 0.6) is 0 Å². The van der Waals surface area contributed by atoms with Crippen LogP contribution in [0.15, 0.2) is 30.3 Å². The second-order valence-electron chi connectivity index (χ2n) is 5.47. The third-order valence-corrected chi connectivity index (χ3v) is 3.66. The highest BCUT2D eigenvalue weighted by atomic mass is 16.5. The predicted molar refractivity (Wildman–Crippen MR) is 87.4 cm³/mol. The second-order valence-corrected chi connectivity index (χ2v) is 5.47. The molecule has 1 rings (SSSR count). The van der Waals surface area contributed by atoms with Gasteiger partial charge in [0.2, 0.25) is 0 Å². The van der Waals surface area contributed by atoms with Crippen LogP contribution >= 0.6 is 0 Å². The van der Waals surface area contributed by atoms with Gasteiger partial charge in [-0.1, -0.05) is 43.7 Å². The second kappa shape index (κ2) is 11.3. The van der Waals surface area contributed by atoms with Crippen molar-refractivity contribution in [1.82, 2.24) is 5.32 Å². The van der Waals surface area contributed by atoms with Crippen molar-refractivity contribution in [3.05, 3.63) is 35.9 Å². The molecule has 0 saturated heterocycles. The van der Waals surface area contributed by atoms with E-state index in [4.69, 9.17) is 4.74 Å². The number of benzene rings is 1. The Balaban J connectivity index is 1.94. The monoisotopic (exact) mass is 291 g/mol. The number of ether oxygens (including phenoxy) is 1. The lowest BCUT2D eigenvalue weighted by Gasteiger charge is -2.12. The molecule has 3 heteroatoms. The summed E-state index contributed by atoms with van der Waals surface area (Å²) in [6.07, 6.45) is 4.85. The van der Waals surface area contributed by atoms with Gasteiger partial charge in [-0.3, -0.25) is 4.79 Å². The Labute approximate surface area is 129 Å². The Kier molecular flexibility index (Phi) is 9.55. The van der Waals surface area contributed by atoms with E-state index < -0.39 is 0 Å². The number of nitrogens with one attached hydrogen (secondary N) is 1. The summed E-state index contributed by atoms with van der Waals surface area (Å²) in [4.78, 5) is 11.2. The Morgan fingerprint density at radius 1 is 1.14 bits per heavy atom. The van der Waals surface area contributed by atoms with Crippen molar-refractivity contribution in [2.75, 3.05) is 19.7 Å². The van der Waals surface area contributed by atoms with Crippen LogP contribution in [0.25, 0.3) is 0 Å². The first-order valence-corrected chi connectivity index (χ1v) is 8.15. The van der Waals surface area contributed by atoms with Gasteiger partial charge in [-0.15, -0.1) is 0 Å². The van der Waals surface area contributed by atoms with E-state index >= 15 is 0 Å². The Morgan fingerprint density at radius 3 is 2.62 bits per heavy atom. The lowest BCUT2D eigenvalue weighted by atomic mass is 9.98. The van der Waals surface area contributed by atoms with E-state index in [0.717, 1.165) is 38.8 Å². The minimum absolute atomic E-state index is 0.0675. The van der Waals surface area contributed by atoms with E-state index in [-0.39, 0.29) is 5.97 Å². The van der Waals surface area contributed by atoms with E-state index in [9.17, 15) is 4.79 Å². The summed E-state index contributed by atoms with van der Waals surface area (Å²) >= 11 is 0. The number of carbonyl (C=O) groups excluding carboxylic acids is 1. The summed E-state index contributed by atoms with van der Waals surface area (Å²) in [5.74, 6) is 0.532. The molecule has 1 atom stereocenters. The molecular formula is C18H29NO2. The van der Waals surface area contributed by atoms with Gasteiger partial charge in [-0.05, 0) is 50.8 Å². The molecule has 0 spiro atoms. The fraction of sp³-hybridized carbons (Fsp3) is 0.611. The summed E-state index contributed by atoms with van der Waals surface area (Å²) in [5, 5.41) is 3.48. The maximum atomic E-state index is 11.2. The van der Waals surface area contributed by atoms with Gasteiger partial charge in [0, 0.05) is 6.42 Å². The van der Waals surface area contributed by atoms with E-state index in [2.05, 4.69) is 42.6 Å². The molecule has 118 valence electrons. The number of hydrogen-bond acceptors (Lipinski definition) is 3. The van der Waals surface area contributed by atoms with Crippen LogP contribution in [0, 0.1) is 0 Å². The van der Waals surface area contributed by atoms with Crippen molar-refractivity contribution < 1.29 is 9.53 Å². The van der Waals surface area contributed by atoms with E-state index in [1.54, 1.807) is 0 Å². The topological polar surface area (TPSA) is 38.3 Å². The first-order chi connectivity index (χ1) is 10.2. The SMILES string of the molecule is CCOC(=O)CCCCCNCCC(C)c1ccccc1. The fourth-order valence-electron chi connectivity index (χ4n) is 2.32. The molecule has 1 aromatic rings. The minimum Gasteiger partial charge on any atom is -0.466 e. The molecule has 0 saturated carbocycles. The highest BCUT2D eigenvalue weighted by Crippen LogP contribution is 2.17. The van der Waals surface area contributed by atoms with Crippen molar-refractivity contribution in [3.63, 3.8) is 0 Å². The van der Waals surface area contributed by atoms with Gasteiger partial charge in [0.05, 0.1) is 6.61 Å². The van der Waals surface area contributed by atoms with E-state index in [1.807, 2.05) is 6.92 Å². The smallest absolute Gasteiger partial charge is 0.305 e. The molecule has 0 aliphatic carbocycles. The molecular weight excluding hydrogens is 262 g/mol. The van der Waals surface area contributed by atoms with Gasteiger partial charge >= 0.3 is 5.97 Å². The number of rotatable bonds is 11. The standard InChI is InChI=1S/C18H29NO2/c1-3-21-18(20)12-8-5-9-14-19-15-13-16(2)17-10-6-4-7-11-17/h4,6-7,10-11,16,19H,3,5,8-9,12-15H2,1-2H3. The van der Waals surface area contributed by atoms with Gasteiger partial charge in [-0.25, -0.2) is 0 Å². The molecule has 1 unspecified atom stereocenters. The van der Waals surface area contributed by atoms with Crippen molar-refractivity contribution in [1.29, 1.82) is 0 Å². The Hall–Kier alpha value is -1.35. The van der Waals surface area contributed by atoms with Crippen LogP contribution in [0.4, 0.5) is 0 Å². The first kappa shape index (κ1) is 17.7. The zero-order valence-electron chi connectivity index (χ0n) is 13.4. The van der Waals surface area contributed by atoms with E-state index in [1.165, 1.54) is 5.56 Å². The van der Waals surface area contributed by atoms with Crippen LogP contribution in [0.2, 0.25) is 0 Å². The lowest BCUT2D eigenvalue weighted by molar-refractivity contribution is -0.143. The summed E-state index contributed by atoms with van der Waals surface area (Å²) < 4.78 is 4.90. The molecule has 21 heavy (non-hydrogen) atoms. The van der Waals surface area contributed by atoms with Crippen LogP contribution in [-0.2, 0) is 9.53 Å². The first-order valence-electron chi connectivity index (χ1n) is 8.15. The number of carbonyl (C=O) groups is 1. The normalized spacial score (nSPS) is 12.1. The maximum absolute atomic E-state index is 11.2. The van der Waals surface area contributed by atoms with Crippen LogP contribution in [-0.4, -0.2) is 25.7 Å². The molecule has 3 nitrogen and oxygen atoms in total. The van der Waals surface area contributed by atoms with Crippen LogP contribution in [0.3, 0.4) is 0 Å². The quantitative estimate of drug-likeness (QED) is 0.496. The number of hydrogen-bond donors (Lipinski definition) is 1. The molecule has 0 bridgehead atoms. The molecule has 0 fully saturated rings. The van der Waals surface area contributed by atoms with Crippen molar-refractivity contribution >= 4 is 5.97 Å². The van der Waals surface area contributed by atoms with E-state index in [0.29, 0.717) is 18.9 Å². The molecule has 0 amide bonds. The maximum Gasteiger partial charge on any atom is 0.305 e. The van der Waals surface area contributed by atoms with Crippen LogP contribution in [0.1, 0.15) is 57.4 Å². The number of unbranched alkanes of at least 4 members (excludes halogenated alkanes) is 2. The van der Waals surface area contributed by atoms with Crippen molar-refractivity contribution in [3.8, 4) is 0 Å². The summed E-state index contributed by atoms with van der Waals surface area (Å²) in [6.45, 7) is 6.69. The van der Waals surface area contributed by atoms with Gasteiger partial charge < -0.3 is 10.1 Å². The van der Waals surface area contributed by atoms with Gasteiger partial charge in [-0.2, -0.15) is 0 Å². The third kappa shape index (κ3) is 8.51. The lowest BCUT2D eigenvalue weighted by Crippen LogP contribution is -2.18. The third-order valence-electron chi connectivity index (χ3n) is 3.66. The summed E-state index contributed by atoms with van der Waals surface area (Å²) in [7, 11) is 0. The molecule has 1 aromatic carbocycles. The minimum atomic E-state index is -0.0675. The molecule has 0 heterocycles. The summed E-state index contributed by atoms with van der Waals surface area (Å²) in [5.41, 5.74) is 1.41.